The molecule has 0 aliphatic rings. The molecule has 2 aromatic carbocycles. The van der Waals surface area contributed by atoms with Crippen molar-refractivity contribution < 1.29 is 27.0 Å². The summed E-state index contributed by atoms with van der Waals surface area (Å²) in [6.07, 6.45) is 0. The van der Waals surface area contributed by atoms with E-state index in [4.69, 9.17) is 5.11 Å². The Morgan fingerprint density at radius 1 is 1.14 bits per heavy atom. The Hall–Kier alpha value is -1.31. The van der Waals surface area contributed by atoms with Crippen molar-refractivity contribution in [3.63, 3.8) is 0 Å². The molecular formula is C11H10FeO2-6. The molecule has 14 heavy (non-hydrogen) atoms. The van der Waals surface area contributed by atoms with Crippen LogP contribution in [0.25, 0.3) is 0 Å². The zero-order chi connectivity index (χ0) is 9.52. The summed E-state index contributed by atoms with van der Waals surface area (Å²) in [7, 11) is 0. The number of carbonyl (C=O) groups is 1. The molecule has 0 radical (unpaired) electrons. The van der Waals surface area contributed by atoms with Crippen molar-refractivity contribution in [3.8, 4) is 0 Å². The first-order chi connectivity index (χ1) is 6.30. The molecule has 0 saturated carbocycles. The molecule has 2 aromatic rings. The molecule has 0 saturated heterocycles. The van der Waals surface area contributed by atoms with E-state index in [0.717, 1.165) is 0 Å². The second-order valence-electron chi connectivity index (χ2n) is 2.44. The molecule has 0 bridgehead atoms. The van der Waals surface area contributed by atoms with Crippen LogP contribution in [0.1, 0.15) is 10.4 Å². The summed E-state index contributed by atoms with van der Waals surface area (Å²) in [5, 5.41) is 8.27. The summed E-state index contributed by atoms with van der Waals surface area (Å²) >= 11 is 0. The average molecular weight is 230 g/mol. The van der Waals surface area contributed by atoms with Gasteiger partial charge in [0.15, 0.2) is 0 Å². The Kier molecular flexibility index (Phi) is 6.46. The minimum Gasteiger partial charge on any atom is -0.681 e. The van der Waals surface area contributed by atoms with Crippen molar-refractivity contribution in [2.45, 2.75) is 0 Å². The second kappa shape index (κ2) is 7.13. The normalized spacial score (nSPS) is 8.00. The van der Waals surface area contributed by atoms with Gasteiger partial charge in [0.2, 0.25) is 0 Å². The van der Waals surface area contributed by atoms with Crippen molar-refractivity contribution in [1.82, 2.24) is 0 Å². The molecule has 0 unspecified atom stereocenters. The van der Waals surface area contributed by atoms with Crippen LogP contribution in [-0.2, 0) is 17.1 Å². The van der Waals surface area contributed by atoms with Crippen LogP contribution in [-0.4, -0.2) is 11.1 Å². The fourth-order valence-electron chi connectivity index (χ4n) is 0.837. The van der Waals surface area contributed by atoms with Crippen molar-refractivity contribution in [1.29, 1.82) is 0 Å². The number of rotatable bonds is 1. The average Bonchev–Trinajstić information content (AvgIpc) is 2.82. The van der Waals surface area contributed by atoms with E-state index in [0.29, 0.717) is 5.56 Å². The van der Waals surface area contributed by atoms with E-state index in [-0.39, 0.29) is 17.1 Å². The van der Waals surface area contributed by atoms with Gasteiger partial charge in [0, 0.05) is 17.1 Å². The maximum atomic E-state index is 10.1. The predicted octanol–water partition coefficient (Wildman–Crippen LogP) is 2.51. The van der Waals surface area contributed by atoms with E-state index >= 15 is 0 Å². The Morgan fingerprint density at radius 2 is 1.64 bits per heavy atom. The van der Waals surface area contributed by atoms with Crippen LogP contribution in [0.15, 0.2) is 54.6 Å². The third-order valence-electron chi connectivity index (χ3n) is 1.47. The van der Waals surface area contributed by atoms with Crippen molar-refractivity contribution in [3.05, 3.63) is 60.2 Å². The first-order valence-corrected chi connectivity index (χ1v) is 3.92. The van der Waals surface area contributed by atoms with Crippen LogP contribution in [0.5, 0.6) is 0 Å². The number of hydrogen-bond donors (Lipinski definition) is 1. The molecule has 0 aliphatic carbocycles. The summed E-state index contributed by atoms with van der Waals surface area (Å²) in [5.74, 6) is -0.866. The van der Waals surface area contributed by atoms with Gasteiger partial charge < -0.3 is 39.7 Å². The van der Waals surface area contributed by atoms with E-state index < -0.39 is 5.97 Å². The number of aromatic carboxylic acids is 1. The Labute approximate surface area is 93.4 Å². The van der Waals surface area contributed by atoms with Crippen molar-refractivity contribution in [2.75, 3.05) is 0 Å². The molecule has 0 atom stereocenters. The van der Waals surface area contributed by atoms with Crippen LogP contribution in [0.3, 0.4) is 0 Å². The number of hydrogen-bond acceptors (Lipinski definition) is 1. The number of carboxylic acid groups (broad SMARTS) is 1. The molecule has 2 rings (SSSR count). The molecule has 2 nitrogen and oxygen atoms in total. The molecule has 0 heterocycles. The Morgan fingerprint density at radius 3 is 1.86 bits per heavy atom. The summed E-state index contributed by atoms with van der Waals surface area (Å²) in [6, 6.07) is 16.5. The van der Waals surface area contributed by atoms with E-state index in [1.807, 2.05) is 30.3 Å². The SMILES string of the molecule is O=C(O)[c-]1[cH-][cH-][cH-][cH-]1.[Fe].c1cc[cH-]c1. The fourth-order valence-corrected chi connectivity index (χ4v) is 0.837. The van der Waals surface area contributed by atoms with E-state index in [9.17, 15) is 4.79 Å². The van der Waals surface area contributed by atoms with Crippen LogP contribution in [0, 0.1) is 0 Å². The zero-order valence-electron chi connectivity index (χ0n) is 7.41. The van der Waals surface area contributed by atoms with Gasteiger partial charge in [0.25, 0.3) is 0 Å². The van der Waals surface area contributed by atoms with Gasteiger partial charge in [-0.25, -0.2) is 12.1 Å². The second-order valence-corrected chi connectivity index (χ2v) is 2.44. The van der Waals surface area contributed by atoms with Gasteiger partial charge in [-0.3, -0.25) is 0 Å². The maximum Gasteiger partial charge on any atom is 0 e. The maximum absolute atomic E-state index is 10.1. The summed E-state index contributed by atoms with van der Waals surface area (Å²) in [5.41, 5.74) is 0.352. The third kappa shape index (κ3) is 4.65. The smallest absolute Gasteiger partial charge is 0 e. The quantitative estimate of drug-likeness (QED) is 0.603. The van der Waals surface area contributed by atoms with Gasteiger partial charge in [0.05, 0.1) is 0 Å². The molecule has 0 spiro atoms. The van der Waals surface area contributed by atoms with Crippen LogP contribution in [0.4, 0.5) is 0 Å². The number of carboxylic acids is 1. The summed E-state index contributed by atoms with van der Waals surface area (Å²) in [4.78, 5) is 10.1. The zero-order valence-corrected chi connectivity index (χ0v) is 8.51. The third-order valence-corrected chi connectivity index (χ3v) is 1.47. The van der Waals surface area contributed by atoms with Gasteiger partial charge in [0.1, 0.15) is 0 Å². The van der Waals surface area contributed by atoms with E-state index in [1.165, 1.54) is 0 Å². The monoisotopic (exact) mass is 230 g/mol. The van der Waals surface area contributed by atoms with Gasteiger partial charge >= 0.3 is 0 Å². The minimum absolute atomic E-state index is 0. The first kappa shape index (κ1) is 12.7. The van der Waals surface area contributed by atoms with Gasteiger partial charge in [-0.05, 0) is 0 Å². The topological polar surface area (TPSA) is 37.3 Å². The van der Waals surface area contributed by atoms with Crippen LogP contribution >= 0.6 is 0 Å². The van der Waals surface area contributed by atoms with Crippen LogP contribution in [0.2, 0.25) is 0 Å². The van der Waals surface area contributed by atoms with Gasteiger partial charge in [-0.2, -0.15) is 18.2 Å². The molecule has 1 N–H and O–H groups in total. The summed E-state index contributed by atoms with van der Waals surface area (Å²) in [6.45, 7) is 0. The Balaban J connectivity index is 0.000000246. The fraction of sp³-hybridized carbons (Fsp3) is 0. The van der Waals surface area contributed by atoms with E-state index in [2.05, 4.69) is 0 Å². The van der Waals surface area contributed by atoms with Gasteiger partial charge in [-0.1, -0.05) is 0 Å². The molecule has 0 fully saturated rings. The standard InChI is InChI=1S/C6H5O2.C5H5.Fe/c7-6(8)5-3-1-2-4-5;1-2-4-5-3-1;/h1-4H,(H,7,8);1-5H;/q-5;-1;. The molecule has 0 aromatic heterocycles. The molecule has 0 amide bonds. The predicted molar refractivity (Wildman–Crippen MR) is 51.0 cm³/mol. The van der Waals surface area contributed by atoms with Crippen LogP contribution < -0.4 is 0 Å². The van der Waals surface area contributed by atoms with Crippen molar-refractivity contribution >= 4 is 5.97 Å². The molecule has 3 heteroatoms. The summed E-state index contributed by atoms with van der Waals surface area (Å²) < 4.78 is 0. The first-order valence-electron chi connectivity index (χ1n) is 3.92. The largest absolute Gasteiger partial charge is 0.681 e. The Bertz CT molecular complexity index is 305. The van der Waals surface area contributed by atoms with E-state index in [1.54, 1.807) is 24.3 Å². The van der Waals surface area contributed by atoms with Gasteiger partial charge in [-0.15, -0.1) is 5.97 Å². The molecular weight excluding hydrogens is 220 g/mol. The molecule has 0 aliphatic heterocycles. The minimum atomic E-state index is -0.866. The molecule has 80 valence electrons. The van der Waals surface area contributed by atoms with Crippen molar-refractivity contribution in [2.24, 2.45) is 0 Å².